The highest BCUT2D eigenvalue weighted by Gasteiger charge is 2.34. The van der Waals surface area contributed by atoms with Gasteiger partial charge in [-0.1, -0.05) is 48.5 Å². The van der Waals surface area contributed by atoms with Crippen LogP contribution in [0.4, 0.5) is 0 Å². The Balaban J connectivity index is 1.72. The zero-order chi connectivity index (χ0) is 26.4. The van der Waals surface area contributed by atoms with Crippen LogP contribution in [0, 0.1) is 5.92 Å². The SMILES string of the molecule is CCOC(=O)Cc1cncc(-c2ccc(C(N)C(C)=O)cc2CN(Cc2ccccc2)C(=O)C2CC2)c1. The van der Waals surface area contributed by atoms with Crippen molar-refractivity contribution in [2.45, 2.75) is 52.2 Å². The summed E-state index contributed by atoms with van der Waals surface area (Å²) in [6.07, 6.45) is 5.33. The molecule has 1 aliphatic rings. The minimum Gasteiger partial charge on any atom is -0.466 e. The lowest BCUT2D eigenvalue weighted by Gasteiger charge is -2.25. The standard InChI is InChI=1S/C30H33N3O4/c1-3-37-28(35)14-22-13-25(17-32-16-22)27-12-11-24(29(31)20(2)34)15-26(27)19-33(30(36)23-9-10-23)18-21-7-5-4-6-8-21/h4-8,11-13,15-17,23,29H,3,9-10,14,18-19,31H2,1-2H3. The first kappa shape index (κ1) is 26.2. The molecule has 1 heterocycles. The fourth-order valence-corrected chi connectivity index (χ4v) is 4.37. The number of carbonyl (C=O) groups is 3. The molecule has 4 rings (SSSR count). The topological polar surface area (TPSA) is 103 Å². The van der Waals surface area contributed by atoms with Gasteiger partial charge in [-0.05, 0) is 60.6 Å². The number of aromatic nitrogens is 1. The van der Waals surface area contributed by atoms with Gasteiger partial charge < -0.3 is 15.4 Å². The van der Waals surface area contributed by atoms with Crippen molar-refractivity contribution in [1.82, 2.24) is 9.88 Å². The Morgan fingerprint density at radius 3 is 2.46 bits per heavy atom. The molecule has 1 aromatic heterocycles. The van der Waals surface area contributed by atoms with E-state index < -0.39 is 6.04 Å². The molecule has 192 valence electrons. The lowest BCUT2D eigenvalue weighted by atomic mass is 9.93. The number of ketones is 1. The predicted octanol–water partition coefficient (Wildman–Crippen LogP) is 4.38. The summed E-state index contributed by atoms with van der Waals surface area (Å²) in [5.41, 5.74) is 11.2. The number of hydrogen-bond acceptors (Lipinski definition) is 6. The van der Waals surface area contributed by atoms with Crippen LogP contribution >= 0.6 is 0 Å². The van der Waals surface area contributed by atoms with E-state index in [0.29, 0.717) is 25.3 Å². The maximum atomic E-state index is 13.3. The van der Waals surface area contributed by atoms with Gasteiger partial charge in [0.25, 0.3) is 0 Å². The minimum atomic E-state index is -0.747. The number of esters is 1. The summed E-state index contributed by atoms with van der Waals surface area (Å²) in [5, 5.41) is 0. The van der Waals surface area contributed by atoms with Crippen molar-refractivity contribution >= 4 is 17.7 Å². The Hall–Kier alpha value is -3.84. The van der Waals surface area contributed by atoms with Crippen LogP contribution in [0.15, 0.2) is 67.0 Å². The van der Waals surface area contributed by atoms with E-state index in [2.05, 4.69) is 4.98 Å². The molecular weight excluding hydrogens is 466 g/mol. The van der Waals surface area contributed by atoms with E-state index in [4.69, 9.17) is 10.5 Å². The third-order valence-corrected chi connectivity index (χ3v) is 6.50. The van der Waals surface area contributed by atoms with E-state index in [9.17, 15) is 14.4 Å². The zero-order valence-electron chi connectivity index (χ0n) is 21.4. The number of amides is 1. The quantitative estimate of drug-likeness (QED) is 0.393. The second-order valence-electron chi connectivity index (χ2n) is 9.52. The highest BCUT2D eigenvalue weighted by Crippen LogP contribution is 2.34. The first-order valence-electron chi connectivity index (χ1n) is 12.7. The second kappa shape index (κ2) is 11.9. The number of hydrogen-bond donors (Lipinski definition) is 1. The lowest BCUT2D eigenvalue weighted by Crippen LogP contribution is -2.31. The number of benzene rings is 2. The van der Waals surface area contributed by atoms with E-state index in [1.807, 2.05) is 59.5 Å². The van der Waals surface area contributed by atoms with E-state index >= 15 is 0 Å². The molecule has 1 atom stereocenters. The van der Waals surface area contributed by atoms with Crippen molar-refractivity contribution in [2.24, 2.45) is 11.7 Å². The van der Waals surface area contributed by atoms with E-state index in [-0.39, 0.29) is 30.0 Å². The van der Waals surface area contributed by atoms with Crippen LogP contribution in [0.25, 0.3) is 11.1 Å². The predicted molar refractivity (Wildman–Crippen MR) is 141 cm³/mol. The summed E-state index contributed by atoms with van der Waals surface area (Å²) in [6, 6.07) is 16.8. The third-order valence-electron chi connectivity index (χ3n) is 6.50. The van der Waals surface area contributed by atoms with Crippen LogP contribution < -0.4 is 5.73 Å². The monoisotopic (exact) mass is 499 g/mol. The van der Waals surface area contributed by atoms with Gasteiger partial charge in [-0.15, -0.1) is 0 Å². The molecule has 1 fully saturated rings. The van der Waals surface area contributed by atoms with Crippen LogP contribution in [0.2, 0.25) is 0 Å². The molecule has 1 saturated carbocycles. The summed E-state index contributed by atoms with van der Waals surface area (Å²) in [7, 11) is 0. The molecule has 3 aromatic rings. The number of nitrogens with two attached hydrogens (primary N) is 1. The molecule has 0 bridgehead atoms. The summed E-state index contributed by atoms with van der Waals surface area (Å²) < 4.78 is 5.09. The van der Waals surface area contributed by atoms with Crippen molar-refractivity contribution in [2.75, 3.05) is 6.61 Å². The second-order valence-corrected chi connectivity index (χ2v) is 9.52. The number of nitrogens with zero attached hydrogens (tertiary/aromatic N) is 2. The fourth-order valence-electron chi connectivity index (χ4n) is 4.37. The molecule has 7 heteroatoms. The average Bonchev–Trinajstić information content (AvgIpc) is 3.74. The molecular formula is C30H33N3O4. The summed E-state index contributed by atoms with van der Waals surface area (Å²) in [4.78, 5) is 43.6. The molecule has 1 aliphatic carbocycles. The molecule has 0 radical (unpaired) electrons. The lowest BCUT2D eigenvalue weighted by molar-refractivity contribution is -0.142. The van der Waals surface area contributed by atoms with Gasteiger partial charge in [0.05, 0.1) is 19.1 Å². The van der Waals surface area contributed by atoms with Crippen LogP contribution in [0.1, 0.15) is 55.0 Å². The molecule has 0 spiro atoms. The van der Waals surface area contributed by atoms with Gasteiger partial charge in [-0.3, -0.25) is 19.4 Å². The van der Waals surface area contributed by atoms with Gasteiger partial charge in [0.15, 0.2) is 5.78 Å². The minimum absolute atomic E-state index is 0.0596. The normalized spacial score (nSPS) is 13.6. The Labute approximate surface area is 217 Å². The molecule has 7 nitrogen and oxygen atoms in total. The first-order valence-corrected chi connectivity index (χ1v) is 12.7. The third kappa shape index (κ3) is 6.89. The maximum absolute atomic E-state index is 13.3. The highest BCUT2D eigenvalue weighted by atomic mass is 16.5. The fraction of sp³-hybridized carbons (Fsp3) is 0.333. The summed E-state index contributed by atoms with van der Waals surface area (Å²) in [6.45, 7) is 4.41. The summed E-state index contributed by atoms with van der Waals surface area (Å²) >= 11 is 0. The van der Waals surface area contributed by atoms with E-state index in [1.54, 1.807) is 19.3 Å². The number of Topliss-reactive ketones (excluding diaryl/α,β-unsaturated/α-hetero) is 1. The van der Waals surface area contributed by atoms with Crippen molar-refractivity contribution in [3.63, 3.8) is 0 Å². The Kier molecular flexibility index (Phi) is 8.46. The van der Waals surface area contributed by atoms with Crippen LogP contribution in [0.3, 0.4) is 0 Å². The Morgan fingerprint density at radius 2 is 1.78 bits per heavy atom. The van der Waals surface area contributed by atoms with Crippen molar-refractivity contribution in [3.8, 4) is 11.1 Å². The van der Waals surface area contributed by atoms with Crippen LogP contribution in [-0.4, -0.2) is 34.2 Å². The molecule has 0 aliphatic heterocycles. The number of ether oxygens (including phenoxy) is 1. The zero-order valence-corrected chi connectivity index (χ0v) is 21.4. The summed E-state index contributed by atoms with van der Waals surface area (Å²) in [5.74, 6) is -0.254. The Morgan fingerprint density at radius 1 is 1.03 bits per heavy atom. The Bertz CT molecular complexity index is 1270. The number of rotatable bonds is 11. The largest absolute Gasteiger partial charge is 0.466 e. The van der Waals surface area contributed by atoms with Crippen LogP contribution in [0.5, 0.6) is 0 Å². The first-order chi connectivity index (χ1) is 17.9. The average molecular weight is 500 g/mol. The van der Waals surface area contributed by atoms with Gasteiger partial charge in [0, 0.05) is 37.0 Å². The van der Waals surface area contributed by atoms with Gasteiger partial charge in [-0.2, -0.15) is 0 Å². The number of pyridine rings is 1. The smallest absolute Gasteiger partial charge is 0.310 e. The molecule has 0 saturated heterocycles. The molecule has 2 aromatic carbocycles. The van der Waals surface area contributed by atoms with Crippen molar-refractivity contribution in [1.29, 1.82) is 0 Å². The van der Waals surface area contributed by atoms with Crippen LogP contribution in [-0.2, 0) is 38.6 Å². The number of carbonyl (C=O) groups excluding carboxylic acids is 3. The van der Waals surface area contributed by atoms with Gasteiger partial charge in [-0.25, -0.2) is 0 Å². The molecule has 1 amide bonds. The van der Waals surface area contributed by atoms with Crippen molar-refractivity contribution < 1.29 is 19.1 Å². The molecule has 2 N–H and O–H groups in total. The van der Waals surface area contributed by atoms with E-state index in [1.165, 1.54) is 6.92 Å². The maximum Gasteiger partial charge on any atom is 0.310 e. The van der Waals surface area contributed by atoms with E-state index in [0.717, 1.165) is 40.7 Å². The van der Waals surface area contributed by atoms with Gasteiger partial charge >= 0.3 is 5.97 Å². The molecule has 1 unspecified atom stereocenters. The van der Waals surface area contributed by atoms with Crippen molar-refractivity contribution in [3.05, 3.63) is 89.2 Å². The van der Waals surface area contributed by atoms with Gasteiger partial charge in [0.2, 0.25) is 5.91 Å². The van der Waals surface area contributed by atoms with Gasteiger partial charge in [0.1, 0.15) is 0 Å². The molecule has 37 heavy (non-hydrogen) atoms. The highest BCUT2D eigenvalue weighted by molar-refractivity contribution is 5.84.